The van der Waals surface area contributed by atoms with Crippen LogP contribution in [-0.2, 0) is 66.3 Å². The zero-order valence-corrected chi connectivity index (χ0v) is 47.5. The maximum absolute atomic E-state index is 13.0. The number of hydrogen-bond donors (Lipinski definition) is 2. The Labute approximate surface area is 471 Å². The minimum Gasteiger partial charge on any atom is -0.747 e. The Morgan fingerprint density at radius 2 is 1.11 bits per heavy atom. The number of ether oxygens (including phenoxy) is 2. The van der Waals surface area contributed by atoms with Gasteiger partial charge in [0.25, 0.3) is 0 Å². The number of nitrogens with zero attached hydrogens (tertiary/aromatic N) is 4. The van der Waals surface area contributed by atoms with Crippen molar-refractivity contribution in [1.82, 2.24) is 0 Å². The normalized spacial score (nSPS) is 11.7. The van der Waals surface area contributed by atoms with Crippen LogP contribution >= 0.6 is 36.7 Å². The molecule has 0 aliphatic carbocycles. The number of anilines is 1. The van der Waals surface area contributed by atoms with Crippen LogP contribution in [0.25, 0.3) is 10.8 Å². The molecule has 0 bridgehead atoms. The summed E-state index contributed by atoms with van der Waals surface area (Å²) in [6, 6.07) is 10.8. The van der Waals surface area contributed by atoms with Crippen LogP contribution in [0.3, 0.4) is 0 Å². The van der Waals surface area contributed by atoms with E-state index in [9.17, 15) is 50.7 Å². The Morgan fingerprint density at radius 1 is 0.631 bits per heavy atom. The molecule has 65 heavy (non-hydrogen) atoms. The number of rotatable bonds is 26. The molecule has 0 radical (unpaired) electrons. The number of azo groups is 2. The van der Waals surface area contributed by atoms with E-state index in [0.29, 0.717) is 0 Å². The number of phenolic OH excluding ortho intramolecular Hbond substituents is 1. The molecule has 4 aromatic carbocycles. The van der Waals surface area contributed by atoms with E-state index < -0.39 is 71.8 Å². The number of hydrogen-bond acceptors (Lipinski definition) is 29. The van der Waals surface area contributed by atoms with Gasteiger partial charge in [0, 0.05) is 10.8 Å². The van der Waals surface area contributed by atoms with Crippen molar-refractivity contribution >= 4 is 106 Å². The van der Waals surface area contributed by atoms with E-state index in [1.54, 1.807) is 0 Å². The molecule has 4 rings (SSSR count). The fraction of sp³-hybridized carbons (Fsp3) is 0.241. The number of methoxy groups -OCH3 is 2. The maximum atomic E-state index is 13.0. The number of benzene rings is 4. The standard InChI is InChI=1S/C29H31N5O21S6.4Na/c1-46-24-7-3-17(59(39,40)11-9-48-57-54-51-37)13-22(24)31-33-27-20-15-26(56-53-50-36)28(29(35)19(20)5-6-21(27)30-16-61(43,44)45)34-32-23-14-18(4-8-25(23)47-2)60(41,42)12-10-49-58-55-52-38;;;;/h3-8,13-15,30,35-38H,9-12,16H2,1-2H3,(H,43,44,45);;;;/q;4*+1/p-4. The van der Waals surface area contributed by atoms with Crippen LogP contribution in [0.4, 0.5) is 28.4 Å². The van der Waals surface area contributed by atoms with Gasteiger partial charge in [-0.25, -0.2) is 25.3 Å². The molecular formula is C29H27N5Na4O21S6. The van der Waals surface area contributed by atoms with Crippen LogP contribution in [0.5, 0.6) is 17.2 Å². The number of sulfone groups is 2. The Balaban J connectivity index is 0.0000102. The molecule has 0 saturated heterocycles. The molecule has 36 heteroatoms. The van der Waals surface area contributed by atoms with Gasteiger partial charge in [-0.05, 0) is 54.6 Å². The maximum Gasteiger partial charge on any atom is 1.00 e. The smallest absolute Gasteiger partial charge is 0.747 e. The van der Waals surface area contributed by atoms with Gasteiger partial charge in [0.2, 0.25) is 0 Å². The average Bonchev–Trinajstić information content (AvgIpc) is 3.23. The third-order valence-corrected chi connectivity index (χ3v) is 12.6. The van der Waals surface area contributed by atoms with Gasteiger partial charge in [0.05, 0.1) is 71.4 Å². The number of phenols is 1. The van der Waals surface area contributed by atoms with E-state index in [1.807, 2.05) is 0 Å². The molecule has 0 amide bonds. The second kappa shape index (κ2) is 32.0. The van der Waals surface area contributed by atoms with Crippen molar-refractivity contribution in [2.24, 2.45) is 20.5 Å². The van der Waals surface area contributed by atoms with E-state index in [2.05, 4.69) is 53.9 Å². The van der Waals surface area contributed by atoms with Crippen LogP contribution in [-0.4, -0.2) is 79.7 Å². The molecule has 0 unspecified atom stereocenters. The molecule has 4 aromatic rings. The zero-order chi connectivity index (χ0) is 44.6. The van der Waals surface area contributed by atoms with Gasteiger partial charge in [-0.1, -0.05) is 0 Å². The van der Waals surface area contributed by atoms with Crippen molar-refractivity contribution in [3.8, 4) is 17.2 Å². The molecule has 26 nitrogen and oxygen atoms in total. The Hall–Kier alpha value is -0.0400. The monoisotopic (exact) mass is 1060 g/mol. The third kappa shape index (κ3) is 19.9. The van der Waals surface area contributed by atoms with E-state index in [1.165, 1.54) is 56.7 Å². The van der Waals surface area contributed by atoms with Gasteiger partial charge in [0.1, 0.15) is 50.2 Å². The van der Waals surface area contributed by atoms with E-state index in [-0.39, 0.29) is 215 Å². The van der Waals surface area contributed by atoms with Crippen molar-refractivity contribution in [3.05, 3.63) is 54.6 Å². The van der Waals surface area contributed by atoms with Crippen LogP contribution < -0.4 is 149 Å². The summed E-state index contributed by atoms with van der Waals surface area (Å²) >= 11 is 0.439. The Morgan fingerprint density at radius 3 is 1.55 bits per heavy atom. The van der Waals surface area contributed by atoms with Crippen LogP contribution in [0, 0.1) is 0 Å². The minimum absolute atomic E-state index is 0. The molecule has 2 N–H and O–H groups in total. The Bertz CT molecular complexity index is 2550. The summed E-state index contributed by atoms with van der Waals surface area (Å²) < 4.78 is 119. The van der Waals surface area contributed by atoms with E-state index in [0.717, 1.165) is 12.1 Å². The van der Waals surface area contributed by atoms with Crippen molar-refractivity contribution < 1.29 is 215 Å². The molecular weight excluding hydrogens is 1040 g/mol. The predicted octanol–water partition coefficient (Wildman–Crippen LogP) is -9.29. The SMILES string of the molecule is COc1ccc(S(=O)(=O)CCOSOO[O-])cc1N=Nc1c(SOO[O-])cc2c(N=Nc3cc(S(=O)(=O)CCOSOO[O-])ccc3OC)c(NCS(=O)(=O)[O-])ccc2c1O.[Na+].[Na+].[Na+].[Na+]. The predicted molar refractivity (Wildman–Crippen MR) is 202 cm³/mol. The molecule has 0 spiro atoms. The third-order valence-electron chi connectivity index (χ3n) is 7.41. The summed E-state index contributed by atoms with van der Waals surface area (Å²) in [4.78, 5) is -0.759. The van der Waals surface area contributed by atoms with Crippen molar-refractivity contribution in [3.63, 3.8) is 0 Å². The van der Waals surface area contributed by atoms with Gasteiger partial charge < -0.3 is 40.2 Å². The van der Waals surface area contributed by atoms with Crippen LogP contribution in [0.1, 0.15) is 0 Å². The first-order valence-corrected chi connectivity index (χ1v) is 22.8. The van der Waals surface area contributed by atoms with Gasteiger partial charge in [-0.3, -0.25) is 23.5 Å². The molecule has 0 aliphatic rings. The van der Waals surface area contributed by atoms with Crippen molar-refractivity contribution in [2.45, 2.75) is 14.7 Å². The summed E-state index contributed by atoms with van der Waals surface area (Å²) in [5.41, 5.74) is -1.16. The van der Waals surface area contributed by atoms with Crippen LogP contribution in [0.2, 0.25) is 0 Å². The molecule has 0 fully saturated rings. The summed E-state index contributed by atoms with van der Waals surface area (Å²) in [6.45, 7) is -0.857. The molecule has 334 valence electrons. The van der Waals surface area contributed by atoms with Gasteiger partial charge >= 0.3 is 118 Å². The van der Waals surface area contributed by atoms with Crippen molar-refractivity contribution in [1.29, 1.82) is 0 Å². The molecule has 0 heterocycles. The molecule has 0 atom stereocenters. The first-order chi connectivity index (χ1) is 29.1. The Kier molecular flexibility index (Phi) is 32.0. The zero-order valence-electron chi connectivity index (χ0n) is 34.6. The topological polar surface area (TPSA) is 369 Å². The second-order valence-electron chi connectivity index (χ2n) is 11.0. The first-order valence-electron chi connectivity index (χ1n) is 15.9. The summed E-state index contributed by atoms with van der Waals surface area (Å²) in [6.07, 6.45) is 0. The number of aromatic hydroxyl groups is 1. The molecule has 0 aliphatic heterocycles. The average molecular weight is 1070 g/mol. The largest absolute Gasteiger partial charge is 1.00 e. The first kappa shape index (κ1) is 65.0. The number of nitrogens with one attached hydrogen (secondary N) is 1. The molecule has 0 aromatic heterocycles. The van der Waals surface area contributed by atoms with Crippen LogP contribution in [0.15, 0.2) is 89.7 Å². The minimum atomic E-state index is -4.89. The summed E-state index contributed by atoms with van der Waals surface area (Å²) in [7, 11) is -10.5. The van der Waals surface area contributed by atoms with Gasteiger partial charge in [-0.2, -0.15) is 4.33 Å². The van der Waals surface area contributed by atoms with Gasteiger partial charge in [-0.15, -0.1) is 29.1 Å². The fourth-order valence-corrected chi connectivity index (χ4v) is 8.44. The quantitative estimate of drug-likeness (QED) is 0.0112. The van der Waals surface area contributed by atoms with Gasteiger partial charge in [0.15, 0.2) is 50.1 Å². The number of fused-ring (bicyclic) bond motifs is 1. The summed E-state index contributed by atoms with van der Waals surface area (Å²) in [5, 5.41) is 70.7. The van der Waals surface area contributed by atoms with E-state index in [4.69, 9.17) is 17.8 Å². The molecule has 0 saturated carbocycles. The van der Waals surface area contributed by atoms with Crippen molar-refractivity contribution in [2.75, 3.05) is 50.1 Å². The van der Waals surface area contributed by atoms with E-state index >= 15 is 0 Å². The fourth-order valence-electron chi connectivity index (χ4n) is 4.78. The second-order valence-corrected chi connectivity index (χ2v) is 18.4. The summed E-state index contributed by atoms with van der Waals surface area (Å²) in [5.74, 6) is -2.95.